The molecule has 37 heavy (non-hydrogen) atoms. The van der Waals surface area contributed by atoms with E-state index in [1.807, 2.05) is 35.2 Å². The molecular weight excluding hydrogens is 499 g/mol. The number of carbonyl (C=O) groups excluding carboxylic acids is 1. The van der Waals surface area contributed by atoms with Crippen molar-refractivity contribution in [2.24, 2.45) is 0 Å². The van der Waals surface area contributed by atoms with E-state index in [4.69, 9.17) is 16.3 Å². The van der Waals surface area contributed by atoms with Gasteiger partial charge in [0.2, 0.25) is 0 Å². The molecule has 0 saturated carbocycles. The Morgan fingerprint density at radius 1 is 1.16 bits per heavy atom. The molecule has 188 valence electrons. The Bertz CT molecular complexity index is 1630. The lowest BCUT2D eigenvalue weighted by atomic mass is 9.94. The molecule has 0 unspecified atom stereocenters. The summed E-state index contributed by atoms with van der Waals surface area (Å²) in [7, 11) is 3.14. The summed E-state index contributed by atoms with van der Waals surface area (Å²) in [6.07, 6.45) is 0.402. The van der Waals surface area contributed by atoms with Crippen molar-refractivity contribution in [1.29, 1.82) is 0 Å². The summed E-state index contributed by atoms with van der Waals surface area (Å²) in [5.41, 5.74) is 1.95. The fourth-order valence-corrected chi connectivity index (χ4v) is 5.76. The largest absolute Gasteiger partial charge is 0.496 e. The van der Waals surface area contributed by atoms with E-state index >= 15 is 4.39 Å². The first kappa shape index (κ1) is 23.3. The number of carboxylic acid groups (broad SMARTS) is 1. The van der Waals surface area contributed by atoms with Crippen molar-refractivity contribution in [3.63, 3.8) is 0 Å². The number of likely N-dealkylation sites (N-methyl/N-ethyl adjacent to an activating group) is 1. The molecule has 1 fully saturated rings. The van der Waals surface area contributed by atoms with Crippen LogP contribution in [0.25, 0.3) is 32.8 Å². The number of anilines is 2. The first-order valence-corrected chi connectivity index (χ1v) is 12.1. The van der Waals surface area contributed by atoms with Gasteiger partial charge in [-0.1, -0.05) is 41.9 Å². The van der Waals surface area contributed by atoms with E-state index in [0.717, 1.165) is 10.8 Å². The van der Waals surface area contributed by atoms with E-state index in [-0.39, 0.29) is 41.6 Å². The van der Waals surface area contributed by atoms with Gasteiger partial charge in [-0.2, -0.15) is 0 Å². The Balaban J connectivity index is 1.60. The van der Waals surface area contributed by atoms with Gasteiger partial charge >= 0.3 is 6.09 Å². The molecule has 4 aromatic rings. The number of nitrogens with zero attached hydrogens (tertiary/aromatic N) is 4. The summed E-state index contributed by atoms with van der Waals surface area (Å²) in [6.45, 7) is 0.512. The molecule has 1 atom stereocenters. The van der Waals surface area contributed by atoms with Crippen LogP contribution >= 0.6 is 11.6 Å². The number of piperazine rings is 1. The van der Waals surface area contributed by atoms with Gasteiger partial charge in [-0.15, -0.1) is 0 Å². The zero-order chi connectivity index (χ0) is 26.0. The van der Waals surface area contributed by atoms with Crippen molar-refractivity contribution in [3.8, 4) is 16.9 Å². The molecular formula is C27H22ClFN4O4. The van der Waals surface area contributed by atoms with Crippen molar-refractivity contribution >= 4 is 56.7 Å². The highest BCUT2D eigenvalue weighted by Gasteiger charge is 2.42. The van der Waals surface area contributed by atoms with Gasteiger partial charge in [0.25, 0.3) is 5.91 Å². The molecule has 0 aliphatic carbocycles. The number of hydrogen-bond acceptors (Lipinski definition) is 5. The molecule has 0 spiro atoms. The van der Waals surface area contributed by atoms with Crippen LogP contribution in [0.2, 0.25) is 5.02 Å². The first-order valence-electron chi connectivity index (χ1n) is 11.7. The molecule has 0 bridgehead atoms. The van der Waals surface area contributed by atoms with Crippen LogP contribution in [-0.4, -0.2) is 66.8 Å². The fourth-order valence-electron chi connectivity index (χ4n) is 5.47. The summed E-state index contributed by atoms with van der Waals surface area (Å²) in [6, 6.07) is 12.2. The molecule has 1 N–H and O–H groups in total. The lowest BCUT2D eigenvalue weighted by Crippen LogP contribution is -2.62. The number of hydrogen-bond donors (Lipinski definition) is 1. The minimum absolute atomic E-state index is 0.0171. The highest BCUT2D eigenvalue weighted by Crippen LogP contribution is 2.48. The highest BCUT2D eigenvalue weighted by atomic mass is 35.5. The molecule has 0 radical (unpaired) electrons. The molecule has 3 aromatic carbocycles. The van der Waals surface area contributed by atoms with Crippen molar-refractivity contribution < 1.29 is 23.8 Å². The van der Waals surface area contributed by atoms with Crippen LogP contribution in [0.1, 0.15) is 0 Å². The smallest absolute Gasteiger partial charge is 0.407 e. The van der Waals surface area contributed by atoms with Crippen molar-refractivity contribution in [2.75, 3.05) is 43.6 Å². The third kappa shape index (κ3) is 3.37. The maximum absolute atomic E-state index is 16.4. The third-order valence-electron chi connectivity index (χ3n) is 7.28. The van der Waals surface area contributed by atoms with Gasteiger partial charge in [-0.25, -0.2) is 9.18 Å². The van der Waals surface area contributed by atoms with Crippen LogP contribution in [0, 0.1) is 5.82 Å². The van der Waals surface area contributed by atoms with Gasteiger partial charge in [-0.3, -0.25) is 9.78 Å². The van der Waals surface area contributed by atoms with Crippen molar-refractivity contribution in [3.05, 3.63) is 59.5 Å². The summed E-state index contributed by atoms with van der Waals surface area (Å²) in [4.78, 5) is 33.6. The van der Waals surface area contributed by atoms with Crippen molar-refractivity contribution in [1.82, 2.24) is 9.88 Å². The van der Waals surface area contributed by atoms with Crippen LogP contribution in [0.3, 0.4) is 0 Å². The summed E-state index contributed by atoms with van der Waals surface area (Å²) < 4.78 is 22.0. The van der Waals surface area contributed by atoms with Gasteiger partial charge in [0.15, 0.2) is 5.82 Å². The van der Waals surface area contributed by atoms with E-state index in [9.17, 15) is 14.7 Å². The highest BCUT2D eigenvalue weighted by molar-refractivity contribution is 6.35. The number of rotatable bonds is 2. The minimum atomic E-state index is -1.08. The maximum Gasteiger partial charge on any atom is 0.407 e. The number of ether oxygens (including phenoxy) is 1. The molecule has 6 rings (SSSR count). The number of benzene rings is 3. The molecule has 10 heteroatoms. The minimum Gasteiger partial charge on any atom is -0.496 e. The third-order valence-corrected chi connectivity index (χ3v) is 7.58. The monoisotopic (exact) mass is 520 g/mol. The van der Waals surface area contributed by atoms with Crippen LogP contribution in [0.4, 0.5) is 20.6 Å². The topological polar surface area (TPSA) is 86.2 Å². The standard InChI is InChI=1S/C27H22ClFN4O4/c1-31-18-12-30-24-16(25(18)33-10-9-32(27(35)36)13-19(33)26(31)34)11-17(28)22(23(24)29)21-15-6-4-3-5-14(15)7-8-20(21)37-2/h3-8,11-12,19H,9-10,13H2,1-2H3,(H,35,36)/t19-/m1/s1. The lowest BCUT2D eigenvalue weighted by molar-refractivity contribution is -0.120. The SMILES string of the molecule is COc1ccc2ccccc2c1-c1c(Cl)cc2c3c(cnc2c1F)N(C)C(=O)[C@H]1CN(C(=O)O)CCN31. The number of amides is 2. The van der Waals surface area contributed by atoms with Crippen LogP contribution in [0.15, 0.2) is 48.7 Å². The second-order valence-corrected chi connectivity index (χ2v) is 9.54. The second kappa shape index (κ2) is 8.48. The van der Waals surface area contributed by atoms with E-state index in [0.29, 0.717) is 28.1 Å². The number of aromatic nitrogens is 1. The number of pyridine rings is 1. The molecule has 3 heterocycles. The maximum atomic E-state index is 16.4. The summed E-state index contributed by atoms with van der Waals surface area (Å²) in [5.74, 6) is -0.365. The molecule has 1 saturated heterocycles. The number of methoxy groups -OCH3 is 1. The number of halogens is 2. The first-order chi connectivity index (χ1) is 17.8. The van der Waals surface area contributed by atoms with E-state index < -0.39 is 18.0 Å². The number of fused-ring (bicyclic) bond motifs is 6. The second-order valence-electron chi connectivity index (χ2n) is 9.13. The van der Waals surface area contributed by atoms with Gasteiger partial charge in [0.1, 0.15) is 17.3 Å². The molecule has 1 aromatic heterocycles. The zero-order valence-electron chi connectivity index (χ0n) is 20.0. The molecule has 2 aliphatic heterocycles. The number of carbonyl (C=O) groups is 2. The Labute approximate surface area is 216 Å². The Hall–Kier alpha value is -4.11. The molecule has 8 nitrogen and oxygen atoms in total. The van der Waals surface area contributed by atoms with E-state index in [2.05, 4.69) is 4.98 Å². The Kier molecular flexibility index (Phi) is 5.34. The van der Waals surface area contributed by atoms with Crippen LogP contribution < -0.4 is 14.5 Å². The predicted octanol–water partition coefficient (Wildman–Crippen LogP) is 5.00. The van der Waals surface area contributed by atoms with Crippen LogP contribution in [0.5, 0.6) is 5.75 Å². The lowest BCUT2D eigenvalue weighted by Gasteiger charge is -2.46. The van der Waals surface area contributed by atoms with Gasteiger partial charge in [0.05, 0.1) is 36.2 Å². The van der Waals surface area contributed by atoms with Crippen LogP contribution in [-0.2, 0) is 4.79 Å². The zero-order valence-corrected chi connectivity index (χ0v) is 20.8. The van der Waals surface area contributed by atoms with Gasteiger partial charge in [0, 0.05) is 36.7 Å². The molecule has 2 aliphatic rings. The summed E-state index contributed by atoms with van der Waals surface area (Å²) in [5, 5.41) is 11.8. The quantitative estimate of drug-likeness (QED) is 0.400. The molecule has 2 amide bonds. The van der Waals surface area contributed by atoms with Crippen molar-refractivity contribution in [2.45, 2.75) is 6.04 Å². The summed E-state index contributed by atoms with van der Waals surface area (Å²) >= 11 is 6.81. The fraction of sp³-hybridized carbons (Fsp3) is 0.222. The van der Waals surface area contributed by atoms with E-state index in [1.165, 1.54) is 23.1 Å². The normalized spacial score (nSPS) is 17.2. The average Bonchev–Trinajstić information content (AvgIpc) is 2.90. The predicted molar refractivity (Wildman–Crippen MR) is 140 cm³/mol. The average molecular weight is 521 g/mol. The Morgan fingerprint density at radius 2 is 1.95 bits per heavy atom. The van der Waals surface area contributed by atoms with Gasteiger partial charge in [-0.05, 0) is 22.9 Å². The van der Waals surface area contributed by atoms with E-state index in [1.54, 1.807) is 19.2 Å². The Morgan fingerprint density at radius 3 is 2.70 bits per heavy atom. The van der Waals surface area contributed by atoms with Gasteiger partial charge < -0.3 is 24.5 Å².